The molecule has 0 bridgehead atoms. The van der Waals surface area contributed by atoms with Crippen LogP contribution in [0.4, 0.5) is 0 Å². The molecule has 1 aromatic rings. The number of rotatable bonds is 3. The molecule has 2 atom stereocenters. The van der Waals surface area contributed by atoms with Gasteiger partial charge in [-0.3, -0.25) is 9.59 Å². The lowest BCUT2D eigenvalue weighted by molar-refractivity contribution is -0.148. The molecule has 0 N–H and O–H groups in total. The third-order valence-corrected chi connectivity index (χ3v) is 5.45. The Bertz CT molecular complexity index is 687. The number of aryl methyl sites for hydroxylation is 1. The summed E-state index contributed by atoms with van der Waals surface area (Å²) in [6.07, 6.45) is 1.57. The Morgan fingerprint density at radius 1 is 1.07 bits per heavy atom. The van der Waals surface area contributed by atoms with E-state index in [1.54, 1.807) is 7.11 Å². The van der Waals surface area contributed by atoms with Crippen LogP contribution in [0.1, 0.15) is 42.6 Å². The van der Waals surface area contributed by atoms with Crippen molar-refractivity contribution >= 4 is 11.8 Å². The minimum atomic E-state index is -0.0185. The molecule has 2 fully saturated rings. The first kappa shape index (κ1) is 19.7. The number of methoxy groups -OCH3 is 1. The smallest absolute Gasteiger partial charge is 0.257 e. The van der Waals surface area contributed by atoms with Gasteiger partial charge in [0.2, 0.25) is 5.91 Å². The van der Waals surface area contributed by atoms with Gasteiger partial charge in [-0.1, -0.05) is 11.6 Å². The Kier molecular flexibility index (Phi) is 6.05. The molecule has 1 aromatic carbocycles. The van der Waals surface area contributed by atoms with Crippen LogP contribution in [-0.4, -0.2) is 67.1 Å². The summed E-state index contributed by atoms with van der Waals surface area (Å²) in [7, 11) is 1.58. The van der Waals surface area contributed by atoms with Gasteiger partial charge in [0.25, 0.3) is 5.91 Å². The van der Waals surface area contributed by atoms with Crippen molar-refractivity contribution in [3.63, 3.8) is 0 Å². The average molecular weight is 374 g/mol. The van der Waals surface area contributed by atoms with E-state index in [4.69, 9.17) is 9.47 Å². The van der Waals surface area contributed by atoms with Crippen LogP contribution in [0.2, 0.25) is 0 Å². The van der Waals surface area contributed by atoms with E-state index in [2.05, 4.69) is 0 Å². The number of likely N-dealkylation sites (tertiary alicyclic amines) is 1. The van der Waals surface area contributed by atoms with Crippen LogP contribution in [-0.2, 0) is 9.53 Å². The monoisotopic (exact) mass is 374 g/mol. The molecule has 0 radical (unpaired) electrons. The van der Waals surface area contributed by atoms with Gasteiger partial charge in [-0.05, 0) is 45.7 Å². The quantitative estimate of drug-likeness (QED) is 0.816. The lowest BCUT2D eigenvalue weighted by atomic mass is 9.94. The molecular weight excluding hydrogens is 344 g/mol. The predicted octanol–water partition coefficient (Wildman–Crippen LogP) is 2.49. The van der Waals surface area contributed by atoms with Gasteiger partial charge >= 0.3 is 0 Å². The van der Waals surface area contributed by atoms with Gasteiger partial charge in [-0.2, -0.15) is 0 Å². The number of piperidine rings is 1. The maximum Gasteiger partial charge on any atom is 0.257 e. The molecule has 2 saturated heterocycles. The molecule has 6 nitrogen and oxygen atoms in total. The van der Waals surface area contributed by atoms with Gasteiger partial charge in [0.05, 0.1) is 24.9 Å². The van der Waals surface area contributed by atoms with Crippen molar-refractivity contribution in [1.82, 2.24) is 9.80 Å². The van der Waals surface area contributed by atoms with Crippen LogP contribution >= 0.6 is 0 Å². The number of ether oxygens (including phenoxy) is 2. The van der Waals surface area contributed by atoms with E-state index in [1.807, 2.05) is 48.8 Å². The number of hydrogen-bond donors (Lipinski definition) is 0. The van der Waals surface area contributed by atoms with Crippen molar-refractivity contribution in [2.24, 2.45) is 5.92 Å². The van der Waals surface area contributed by atoms with E-state index in [1.165, 1.54) is 0 Å². The molecule has 0 aromatic heterocycles. The van der Waals surface area contributed by atoms with Gasteiger partial charge in [0.1, 0.15) is 5.75 Å². The largest absolute Gasteiger partial charge is 0.496 e. The van der Waals surface area contributed by atoms with Crippen molar-refractivity contribution < 1.29 is 19.1 Å². The van der Waals surface area contributed by atoms with Gasteiger partial charge in [-0.15, -0.1) is 0 Å². The van der Waals surface area contributed by atoms with Gasteiger partial charge in [0, 0.05) is 32.1 Å². The number of amides is 2. The third-order valence-electron chi connectivity index (χ3n) is 5.45. The second-order valence-electron chi connectivity index (χ2n) is 7.77. The molecule has 2 unspecified atom stereocenters. The van der Waals surface area contributed by atoms with Crippen LogP contribution < -0.4 is 4.74 Å². The van der Waals surface area contributed by atoms with Crippen LogP contribution in [0, 0.1) is 12.8 Å². The molecule has 2 aliphatic heterocycles. The zero-order valence-electron chi connectivity index (χ0n) is 16.7. The summed E-state index contributed by atoms with van der Waals surface area (Å²) in [6.45, 7) is 8.49. The van der Waals surface area contributed by atoms with E-state index in [0.717, 1.165) is 5.56 Å². The minimum absolute atomic E-state index is 0.00837. The van der Waals surface area contributed by atoms with Crippen molar-refractivity contribution in [3.8, 4) is 5.75 Å². The van der Waals surface area contributed by atoms with Crippen molar-refractivity contribution in [2.75, 3.05) is 33.3 Å². The van der Waals surface area contributed by atoms with Crippen molar-refractivity contribution in [3.05, 3.63) is 29.3 Å². The van der Waals surface area contributed by atoms with E-state index < -0.39 is 0 Å². The number of morpholine rings is 1. The lowest BCUT2D eigenvalue weighted by Gasteiger charge is -2.39. The van der Waals surface area contributed by atoms with E-state index in [-0.39, 0.29) is 29.9 Å². The number of carbonyl (C=O) groups excluding carboxylic acids is 2. The minimum Gasteiger partial charge on any atom is -0.496 e. The first-order valence-electron chi connectivity index (χ1n) is 9.77. The lowest BCUT2D eigenvalue weighted by Crippen LogP contribution is -2.51. The number of hydrogen-bond acceptors (Lipinski definition) is 4. The molecule has 2 aliphatic rings. The summed E-state index contributed by atoms with van der Waals surface area (Å²) in [4.78, 5) is 29.6. The Morgan fingerprint density at radius 2 is 1.70 bits per heavy atom. The fourth-order valence-electron chi connectivity index (χ4n) is 4.10. The van der Waals surface area contributed by atoms with Crippen LogP contribution in [0.15, 0.2) is 18.2 Å². The maximum atomic E-state index is 12.9. The summed E-state index contributed by atoms with van der Waals surface area (Å²) < 4.78 is 11.1. The number of nitrogens with zero attached hydrogens (tertiary/aromatic N) is 2. The molecule has 0 spiro atoms. The fourth-order valence-corrected chi connectivity index (χ4v) is 4.10. The topological polar surface area (TPSA) is 59.1 Å². The molecule has 27 heavy (non-hydrogen) atoms. The highest BCUT2D eigenvalue weighted by Gasteiger charge is 2.34. The summed E-state index contributed by atoms with van der Waals surface area (Å²) >= 11 is 0. The Balaban J connectivity index is 1.61. The maximum absolute atomic E-state index is 12.9. The van der Waals surface area contributed by atoms with Gasteiger partial charge in [-0.25, -0.2) is 0 Å². The van der Waals surface area contributed by atoms with Gasteiger partial charge < -0.3 is 19.3 Å². The number of carbonyl (C=O) groups is 2. The predicted molar refractivity (Wildman–Crippen MR) is 103 cm³/mol. The zero-order valence-corrected chi connectivity index (χ0v) is 16.7. The average Bonchev–Trinajstić information content (AvgIpc) is 2.66. The Morgan fingerprint density at radius 3 is 2.30 bits per heavy atom. The fraction of sp³-hybridized carbons (Fsp3) is 0.619. The molecule has 2 heterocycles. The first-order chi connectivity index (χ1) is 12.9. The van der Waals surface area contributed by atoms with Crippen molar-refractivity contribution in [1.29, 1.82) is 0 Å². The molecule has 0 aliphatic carbocycles. The standard InChI is InChI=1S/C21H30N2O4/c1-14-5-6-19(26-4)18(11-14)21(25)22-9-7-17(8-10-22)20(24)23-12-15(2)27-16(3)13-23/h5-6,11,15-17H,7-10,12-13H2,1-4H3. The SMILES string of the molecule is COc1ccc(C)cc1C(=O)N1CCC(C(=O)N2CC(C)OC(C)C2)CC1. The summed E-state index contributed by atoms with van der Waals surface area (Å²) in [5.41, 5.74) is 1.62. The third kappa shape index (κ3) is 4.43. The van der Waals surface area contributed by atoms with Crippen LogP contribution in [0.3, 0.4) is 0 Å². The highest BCUT2D eigenvalue weighted by atomic mass is 16.5. The normalized spacial score (nSPS) is 24.0. The van der Waals surface area contributed by atoms with Gasteiger partial charge in [0.15, 0.2) is 0 Å². The molecule has 6 heteroatoms. The summed E-state index contributed by atoms with van der Waals surface area (Å²) in [5.74, 6) is 0.776. The second-order valence-corrected chi connectivity index (χ2v) is 7.77. The van der Waals surface area contributed by atoms with E-state index >= 15 is 0 Å². The Hall–Kier alpha value is -2.08. The zero-order chi connectivity index (χ0) is 19.6. The molecule has 0 saturated carbocycles. The van der Waals surface area contributed by atoms with Crippen LogP contribution in [0.25, 0.3) is 0 Å². The van der Waals surface area contributed by atoms with Crippen molar-refractivity contribution in [2.45, 2.75) is 45.8 Å². The summed E-state index contributed by atoms with van der Waals surface area (Å²) in [6, 6.07) is 5.64. The molecular formula is C21H30N2O4. The number of benzene rings is 1. The highest BCUT2D eigenvalue weighted by Crippen LogP contribution is 2.26. The first-order valence-corrected chi connectivity index (χ1v) is 9.77. The van der Waals surface area contributed by atoms with E-state index in [0.29, 0.717) is 50.3 Å². The summed E-state index contributed by atoms with van der Waals surface area (Å²) in [5, 5.41) is 0. The molecule has 3 rings (SSSR count). The molecule has 2 amide bonds. The van der Waals surface area contributed by atoms with E-state index in [9.17, 15) is 9.59 Å². The molecule has 148 valence electrons. The highest BCUT2D eigenvalue weighted by molar-refractivity contribution is 5.97. The Labute approximate surface area is 161 Å². The van der Waals surface area contributed by atoms with Crippen LogP contribution in [0.5, 0.6) is 5.75 Å². The second kappa shape index (κ2) is 8.30.